The summed E-state index contributed by atoms with van der Waals surface area (Å²) in [5.41, 5.74) is 0. The Labute approximate surface area is 128 Å². The Morgan fingerprint density at radius 2 is 2.20 bits per heavy atom. The highest BCUT2D eigenvalue weighted by Crippen LogP contribution is 2.22. The first kappa shape index (κ1) is 14.8. The molecule has 0 bridgehead atoms. The van der Waals surface area contributed by atoms with Gasteiger partial charge >= 0.3 is 0 Å². The summed E-state index contributed by atoms with van der Waals surface area (Å²) in [6, 6.07) is 7.07. The van der Waals surface area contributed by atoms with Gasteiger partial charge in [0.15, 0.2) is 0 Å². The van der Waals surface area contributed by atoms with Crippen molar-refractivity contribution >= 4 is 39.1 Å². The van der Waals surface area contributed by atoms with Crippen molar-refractivity contribution in [1.82, 2.24) is 10.2 Å². The number of hydrogen-bond donors (Lipinski definition) is 1. The first-order valence-corrected chi connectivity index (χ1v) is 7.47. The molecule has 0 aliphatic rings. The molecule has 0 aromatic carbocycles. The SMILES string of the molecule is CN(CC(=O)NCc1ccco1)C(=O)c1ccc(Br)s1. The summed E-state index contributed by atoms with van der Waals surface area (Å²) in [5, 5.41) is 2.70. The molecular weight excluding hydrogens is 344 g/mol. The normalized spacial score (nSPS) is 10.3. The molecule has 0 unspecified atom stereocenters. The molecule has 20 heavy (non-hydrogen) atoms. The Hall–Kier alpha value is -1.60. The molecule has 0 saturated carbocycles. The largest absolute Gasteiger partial charge is 0.467 e. The molecule has 2 aromatic rings. The van der Waals surface area contributed by atoms with E-state index in [0.29, 0.717) is 17.2 Å². The van der Waals surface area contributed by atoms with Crippen LogP contribution >= 0.6 is 27.3 Å². The van der Waals surface area contributed by atoms with Gasteiger partial charge in [0.25, 0.3) is 5.91 Å². The smallest absolute Gasteiger partial charge is 0.264 e. The maximum Gasteiger partial charge on any atom is 0.264 e. The van der Waals surface area contributed by atoms with E-state index in [2.05, 4.69) is 21.2 Å². The maximum atomic E-state index is 12.0. The van der Waals surface area contributed by atoms with E-state index < -0.39 is 0 Å². The Balaban J connectivity index is 1.82. The number of furan rings is 1. The fraction of sp³-hybridized carbons (Fsp3) is 0.231. The molecule has 7 heteroatoms. The number of amides is 2. The standard InChI is InChI=1S/C13H13BrN2O3S/c1-16(13(18)10-4-5-11(14)20-10)8-12(17)15-7-9-3-2-6-19-9/h2-6H,7-8H2,1H3,(H,15,17). The number of likely N-dealkylation sites (N-methyl/N-ethyl adjacent to an activating group) is 1. The molecule has 2 aromatic heterocycles. The Morgan fingerprint density at radius 3 is 2.80 bits per heavy atom. The average molecular weight is 357 g/mol. The van der Waals surface area contributed by atoms with Crippen LogP contribution in [0.5, 0.6) is 0 Å². The molecule has 2 amide bonds. The highest BCUT2D eigenvalue weighted by Gasteiger charge is 2.16. The van der Waals surface area contributed by atoms with Gasteiger partial charge in [0, 0.05) is 7.05 Å². The molecule has 0 spiro atoms. The van der Waals surface area contributed by atoms with E-state index in [0.717, 1.165) is 3.79 Å². The van der Waals surface area contributed by atoms with Crippen molar-refractivity contribution in [2.24, 2.45) is 0 Å². The molecule has 1 N–H and O–H groups in total. The van der Waals surface area contributed by atoms with Crippen molar-refractivity contribution in [3.8, 4) is 0 Å². The second kappa shape index (κ2) is 6.71. The number of carbonyl (C=O) groups is 2. The van der Waals surface area contributed by atoms with Crippen LogP contribution < -0.4 is 5.32 Å². The van der Waals surface area contributed by atoms with Crippen LogP contribution in [-0.2, 0) is 11.3 Å². The number of nitrogens with one attached hydrogen (secondary N) is 1. The summed E-state index contributed by atoms with van der Waals surface area (Å²) in [7, 11) is 1.60. The molecule has 5 nitrogen and oxygen atoms in total. The Bertz CT molecular complexity index is 595. The van der Waals surface area contributed by atoms with Crippen LogP contribution in [-0.4, -0.2) is 30.3 Å². The second-order valence-corrected chi connectivity index (χ2v) is 6.58. The molecule has 0 aliphatic carbocycles. The van der Waals surface area contributed by atoms with Crippen LogP contribution in [0.4, 0.5) is 0 Å². The molecule has 0 radical (unpaired) electrons. The summed E-state index contributed by atoms with van der Waals surface area (Å²) in [4.78, 5) is 25.8. The predicted molar refractivity (Wildman–Crippen MR) is 79.5 cm³/mol. The third-order valence-corrected chi connectivity index (χ3v) is 4.16. The number of thiophene rings is 1. The van der Waals surface area contributed by atoms with Gasteiger partial charge in [0.05, 0.1) is 28.0 Å². The summed E-state index contributed by atoms with van der Waals surface area (Å²) < 4.78 is 6.00. The van der Waals surface area contributed by atoms with Crippen molar-refractivity contribution in [1.29, 1.82) is 0 Å². The third kappa shape index (κ3) is 3.94. The summed E-state index contributed by atoms with van der Waals surface area (Å²) in [6.07, 6.45) is 1.55. The Morgan fingerprint density at radius 1 is 1.40 bits per heavy atom. The summed E-state index contributed by atoms with van der Waals surface area (Å²) >= 11 is 4.65. The number of halogens is 1. The van der Waals surface area contributed by atoms with Crippen molar-refractivity contribution < 1.29 is 14.0 Å². The quantitative estimate of drug-likeness (QED) is 0.894. The second-order valence-electron chi connectivity index (χ2n) is 4.12. The van der Waals surface area contributed by atoms with Crippen LogP contribution in [0, 0.1) is 0 Å². The first-order chi connectivity index (χ1) is 9.56. The summed E-state index contributed by atoms with van der Waals surface area (Å²) in [5.74, 6) is 0.274. The zero-order chi connectivity index (χ0) is 14.5. The molecule has 0 fully saturated rings. The maximum absolute atomic E-state index is 12.0. The minimum atomic E-state index is -0.229. The van der Waals surface area contributed by atoms with E-state index in [4.69, 9.17) is 4.42 Å². The molecule has 2 heterocycles. The highest BCUT2D eigenvalue weighted by molar-refractivity contribution is 9.11. The number of rotatable bonds is 5. The van der Waals surface area contributed by atoms with Gasteiger partial charge < -0.3 is 14.6 Å². The van der Waals surface area contributed by atoms with Gasteiger partial charge in [-0.05, 0) is 40.2 Å². The molecular formula is C13H13BrN2O3S. The fourth-order valence-electron chi connectivity index (χ4n) is 1.56. The molecule has 0 saturated heterocycles. The van der Waals surface area contributed by atoms with Crippen molar-refractivity contribution in [3.63, 3.8) is 0 Å². The van der Waals surface area contributed by atoms with Crippen LogP contribution in [0.25, 0.3) is 0 Å². The zero-order valence-corrected chi connectivity index (χ0v) is 13.2. The lowest BCUT2D eigenvalue weighted by molar-refractivity contribution is -0.121. The molecule has 2 rings (SSSR count). The number of hydrogen-bond acceptors (Lipinski definition) is 4. The lowest BCUT2D eigenvalue weighted by atomic mass is 10.4. The van der Waals surface area contributed by atoms with Crippen LogP contribution in [0.1, 0.15) is 15.4 Å². The average Bonchev–Trinajstić information content (AvgIpc) is 3.06. The van der Waals surface area contributed by atoms with E-state index in [1.807, 2.05) is 6.07 Å². The van der Waals surface area contributed by atoms with E-state index in [1.54, 1.807) is 31.5 Å². The lowest BCUT2D eigenvalue weighted by Gasteiger charge is -2.15. The van der Waals surface area contributed by atoms with E-state index in [9.17, 15) is 9.59 Å². The van der Waals surface area contributed by atoms with E-state index in [-0.39, 0.29) is 18.4 Å². The van der Waals surface area contributed by atoms with Crippen molar-refractivity contribution in [3.05, 3.63) is 45.0 Å². The van der Waals surface area contributed by atoms with E-state index in [1.165, 1.54) is 16.2 Å². The van der Waals surface area contributed by atoms with Crippen LogP contribution in [0.2, 0.25) is 0 Å². The van der Waals surface area contributed by atoms with Gasteiger partial charge in [-0.1, -0.05) is 0 Å². The fourth-order valence-corrected chi connectivity index (χ4v) is 2.94. The van der Waals surface area contributed by atoms with E-state index >= 15 is 0 Å². The first-order valence-electron chi connectivity index (χ1n) is 5.86. The van der Waals surface area contributed by atoms with Crippen LogP contribution in [0.3, 0.4) is 0 Å². The molecule has 106 valence electrons. The van der Waals surface area contributed by atoms with Gasteiger partial charge in [-0.15, -0.1) is 11.3 Å². The zero-order valence-electron chi connectivity index (χ0n) is 10.8. The van der Waals surface area contributed by atoms with Crippen molar-refractivity contribution in [2.75, 3.05) is 13.6 Å². The van der Waals surface area contributed by atoms with Crippen LogP contribution in [0.15, 0.2) is 38.7 Å². The van der Waals surface area contributed by atoms with Gasteiger partial charge in [0.1, 0.15) is 5.76 Å². The number of nitrogens with zero attached hydrogens (tertiary/aromatic N) is 1. The van der Waals surface area contributed by atoms with Crippen molar-refractivity contribution in [2.45, 2.75) is 6.54 Å². The minimum absolute atomic E-state index is 0.00899. The van der Waals surface area contributed by atoms with Gasteiger partial charge in [0.2, 0.25) is 5.91 Å². The molecule has 0 aliphatic heterocycles. The monoisotopic (exact) mass is 356 g/mol. The van der Waals surface area contributed by atoms with Gasteiger partial charge in [-0.3, -0.25) is 9.59 Å². The number of carbonyl (C=O) groups excluding carboxylic acids is 2. The third-order valence-electron chi connectivity index (χ3n) is 2.55. The molecule has 0 atom stereocenters. The minimum Gasteiger partial charge on any atom is -0.467 e. The lowest BCUT2D eigenvalue weighted by Crippen LogP contribution is -2.37. The Kier molecular flexibility index (Phi) is 4.97. The summed E-state index contributed by atoms with van der Waals surface area (Å²) in [6.45, 7) is 0.327. The van der Waals surface area contributed by atoms with Gasteiger partial charge in [-0.2, -0.15) is 0 Å². The topological polar surface area (TPSA) is 62.6 Å². The predicted octanol–water partition coefficient (Wildman–Crippen LogP) is 2.49. The van der Waals surface area contributed by atoms with Gasteiger partial charge in [-0.25, -0.2) is 0 Å². The highest BCUT2D eigenvalue weighted by atomic mass is 79.9.